The number of nitrogens with one attached hydrogen (secondary N) is 1. The highest BCUT2D eigenvalue weighted by atomic mass is 35.5. The minimum absolute atomic E-state index is 0.00167. The van der Waals surface area contributed by atoms with E-state index in [-0.39, 0.29) is 16.7 Å². The molecule has 4 heteroatoms. The van der Waals surface area contributed by atoms with Crippen LogP contribution in [0.25, 0.3) is 0 Å². The van der Waals surface area contributed by atoms with Gasteiger partial charge in [0.25, 0.3) is 5.91 Å². The van der Waals surface area contributed by atoms with Crippen LogP contribution in [0, 0.1) is 16.7 Å². The predicted octanol–water partition coefficient (Wildman–Crippen LogP) is 3.87. The van der Waals surface area contributed by atoms with Crippen molar-refractivity contribution < 1.29 is 9.53 Å². The molecule has 2 aliphatic carbocycles. The van der Waals surface area contributed by atoms with Crippen molar-refractivity contribution >= 4 is 23.2 Å². The molecule has 3 nitrogen and oxygen atoms in total. The fraction of sp³-hybridized carbons (Fsp3) is 0.588. The largest absolute Gasteiger partial charge is 0.364 e. The lowest BCUT2D eigenvalue weighted by molar-refractivity contribution is -0.149. The molecule has 4 bridgehead atoms. The lowest BCUT2D eigenvalue weighted by Gasteiger charge is -2.40. The molecule has 2 saturated carbocycles. The molecule has 1 amide bonds. The van der Waals surface area contributed by atoms with E-state index in [9.17, 15) is 4.79 Å². The summed E-state index contributed by atoms with van der Waals surface area (Å²) in [6, 6.07) is 7.29. The Morgan fingerprint density at radius 3 is 2.90 bits per heavy atom. The van der Waals surface area contributed by atoms with Gasteiger partial charge in [0.2, 0.25) is 0 Å². The van der Waals surface area contributed by atoms with Gasteiger partial charge in [-0.2, -0.15) is 0 Å². The number of anilines is 1. The number of carbonyl (C=O) groups is 1. The molecule has 4 atom stereocenters. The molecule has 3 aliphatic rings. The molecule has 1 aliphatic heterocycles. The molecule has 21 heavy (non-hydrogen) atoms. The summed E-state index contributed by atoms with van der Waals surface area (Å²) in [5.74, 6) is 0.611. The summed E-state index contributed by atoms with van der Waals surface area (Å²) in [6.07, 6.45) is 3.16. The molecule has 1 saturated heterocycles. The Kier molecular flexibility index (Phi) is 2.60. The first-order chi connectivity index (χ1) is 9.91. The second-order valence-electron chi connectivity index (χ2n) is 7.27. The minimum Gasteiger partial charge on any atom is -0.364 e. The molecule has 1 N–H and O–H groups in total. The second-order valence-corrected chi connectivity index (χ2v) is 7.71. The van der Waals surface area contributed by atoms with Gasteiger partial charge in [-0.1, -0.05) is 31.5 Å². The molecule has 0 unspecified atom stereocenters. The van der Waals surface area contributed by atoms with Crippen LogP contribution >= 0.6 is 11.6 Å². The summed E-state index contributed by atoms with van der Waals surface area (Å²) < 4.78 is 6.10. The van der Waals surface area contributed by atoms with Gasteiger partial charge < -0.3 is 10.1 Å². The zero-order valence-electron chi connectivity index (χ0n) is 12.4. The molecule has 0 spiro atoms. The first kappa shape index (κ1) is 13.6. The number of benzene rings is 1. The van der Waals surface area contributed by atoms with Crippen LogP contribution in [0.4, 0.5) is 5.69 Å². The third-order valence-electron chi connectivity index (χ3n) is 6.65. The van der Waals surface area contributed by atoms with Gasteiger partial charge in [-0.3, -0.25) is 4.79 Å². The van der Waals surface area contributed by atoms with Gasteiger partial charge in [-0.05, 0) is 43.4 Å². The second kappa shape index (κ2) is 4.02. The normalized spacial score (nSPS) is 43.3. The monoisotopic (exact) mass is 305 g/mol. The third-order valence-corrected chi connectivity index (χ3v) is 6.88. The van der Waals surface area contributed by atoms with Crippen molar-refractivity contribution in [1.82, 2.24) is 0 Å². The Balaban J connectivity index is 1.66. The topological polar surface area (TPSA) is 38.3 Å². The highest BCUT2D eigenvalue weighted by Gasteiger charge is 2.78. The molecule has 1 aromatic rings. The van der Waals surface area contributed by atoms with Crippen LogP contribution in [0.15, 0.2) is 24.3 Å². The Morgan fingerprint density at radius 1 is 1.43 bits per heavy atom. The van der Waals surface area contributed by atoms with Crippen LogP contribution in [-0.4, -0.2) is 18.1 Å². The van der Waals surface area contributed by atoms with E-state index in [1.165, 1.54) is 6.42 Å². The number of hydrogen-bond donors (Lipinski definition) is 1. The summed E-state index contributed by atoms with van der Waals surface area (Å²) in [4.78, 5) is 13.0. The van der Waals surface area contributed by atoms with Gasteiger partial charge in [0.15, 0.2) is 5.60 Å². The van der Waals surface area contributed by atoms with E-state index in [4.69, 9.17) is 16.3 Å². The molecule has 112 valence electrons. The van der Waals surface area contributed by atoms with Gasteiger partial charge in [-0.25, -0.2) is 0 Å². The van der Waals surface area contributed by atoms with Crippen molar-refractivity contribution in [2.75, 3.05) is 11.9 Å². The van der Waals surface area contributed by atoms with Crippen LogP contribution in [0.3, 0.4) is 0 Å². The third kappa shape index (κ3) is 1.46. The molecule has 4 rings (SSSR count). The Bertz CT molecular complexity index is 633. The average molecular weight is 306 g/mol. The zero-order valence-corrected chi connectivity index (χ0v) is 13.2. The minimum atomic E-state index is -0.660. The number of carbonyl (C=O) groups excluding carboxylic acids is 1. The van der Waals surface area contributed by atoms with Crippen molar-refractivity contribution in [3.63, 3.8) is 0 Å². The zero-order chi connectivity index (χ0) is 14.9. The maximum atomic E-state index is 13.0. The summed E-state index contributed by atoms with van der Waals surface area (Å²) in [5.41, 5.74) is 0.185. The highest BCUT2D eigenvalue weighted by Crippen LogP contribution is 2.75. The number of rotatable bonds is 2. The Labute approximate surface area is 130 Å². The van der Waals surface area contributed by atoms with Crippen molar-refractivity contribution in [3.05, 3.63) is 29.3 Å². The number of amides is 1. The van der Waals surface area contributed by atoms with Crippen LogP contribution in [-0.2, 0) is 9.53 Å². The first-order valence-electron chi connectivity index (χ1n) is 7.62. The summed E-state index contributed by atoms with van der Waals surface area (Å²) in [5, 5.41) is 3.65. The van der Waals surface area contributed by atoms with Crippen molar-refractivity contribution in [1.29, 1.82) is 0 Å². The van der Waals surface area contributed by atoms with E-state index in [0.717, 1.165) is 18.5 Å². The standard InChI is InChI=1S/C17H20ClNO2/c1-15-10-21-17(9-11(15)6-7-16(15,17)2)14(20)19-13-5-3-4-12(18)8-13/h3-5,8,11H,6-7,9-10H2,1-2H3,(H,19,20)/t11-,15+,16+,17+/m1/s1. The smallest absolute Gasteiger partial charge is 0.257 e. The van der Waals surface area contributed by atoms with Crippen molar-refractivity contribution in [3.8, 4) is 0 Å². The number of halogens is 1. The van der Waals surface area contributed by atoms with E-state index in [1.54, 1.807) is 12.1 Å². The molecular weight excluding hydrogens is 286 g/mol. The molecule has 3 fully saturated rings. The van der Waals surface area contributed by atoms with Gasteiger partial charge in [-0.15, -0.1) is 0 Å². The lowest BCUT2D eigenvalue weighted by Crippen LogP contribution is -2.52. The van der Waals surface area contributed by atoms with Crippen molar-refractivity contribution in [2.24, 2.45) is 16.7 Å². The predicted molar refractivity (Wildman–Crippen MR) is 82.3 cm³/mol. The van der Waals surface area contributed by atoms with Crippen LogP contribution < -0.4 is 5.32 Å². The fourth-order valence-corrected chi connectivity index (χ4v) is 5.25. The SMILES string of the molecule is C[C@@]12CC[C@@H]3C[C@@]1(C(=O)Nc1cccc(Cl)c1)OC[C@@]32C. The van der Waals surface area contributed by atoms with Gasteiger partial charge in [0, 0.05) is 21.5 Å². The summed E-state index contributed by atoms with van der Waals surface area (Å²) in [7, 11) is 0. The van der Waals surface area contributed by atoms with E-state index >= 15 is 0 Å². The summed E-state index contributed by atoms with van der Waals surface area (Å²) >= 11 is 5.99. The maximum Gasteiger partial charge on any atom is 0.257 e. The quantitative estimate of drug-likeness (QED) is 0.900. The number of ether oxygens (including phenoxy) is 1. The Morgan fingerprint density at radius 2 is 2.24 bits per heavy atom. The van der Waals surface area contributed by atoms with Gasteiger partial charge in [0.1, 0.15) is 0 Å². The van der Waals surface area contributed by atoms with E-state index in [0.29, 0.717) is 17.5 Å². The number of hydrogen-bond acceptors (Lipinski definition) is 2. The average Bonchev–Trinajstić information content (AvgIpc) is 2.91. The lowest BCUT2D eigenvalue weighted by atomic mass is 9.66. The molecule has 0 aromatic heterocycles. The molecule has 1 aromatic carbocycles. The van der Waals surface area contributed by atoms with Crippen LogP contribution in [0.2, 0.25) is 5.02 Å². The first-order valence-corrected chi connectivity index (χ1v) is 8.00. The summed E-state index contributed by atoms with van der Waals surface area (Å²) in [6.45, 7) is 5.24. The molecule has 0 radical (unpaired) electrons. The van der Waals surface area contributed by atoms with Crippen LogP contribution in [0.5, 0.6) is 0 Å². The van der Waals surface area contributed by atoms with Gasteiger partial charge >= 0.3 is 0 Å². The maximum absolute atomic E-state index is 13.0. The van der Waals surface area contributed by atoms with E-state index in [1.807, 2.05) is 12.1 Å². The Hall–Kier alpha value is -1.06. The molecule has 1 heterocycles. The fourth-order valence-electron chi connectivity index (χ4n) is 5.06. The van der Waals surface area contributed by atoms with Crippen LogP contribution in [0.1, 0.15) is 33.1 Å². The van der Waals surface area contributed by atoms with Crippen molar-refractivity contribution in [2.45, 2.75) is 38.7 Å². The van der Waals surface area contributed by atoms with Gasteiger partial charge in [0.05, 0.1) is 6.61 Å². The molecular formula is C17H20ClNO2. The van der Waals surface area contributed by atoms with E-state index in [2.05, 4.69) is 19.2 Å². The van der Waals surface area contributed by atoms with E-state index < -0.39 is 5.60 Å². The highest BCUT2D eigenvalue weighted by molar-refractivity contribution is 6.30.